The van der Waals surface area contributed by atoms with Crippen molar-refractivity contribution in [3.8, 4) is 11.8 Å². The number of aromatic nitrogens is 1. The van der Waals surface area contributed by atoms with Crippen LogP contribution in [-0.4, -0.2) is 30.9 Å². The molecular weight excluding hydrogens is 366 g/mol. The monoisotopic (exact) mass is 381 g/mol. The summed E-state index contributed by atoms with van der Waals surface area (Å²) in [5.74, 6) is 1.17. The Hall–Kier alpha value is -2.24. The predicted octanol–water partition coefficient (Wildman–Crippen LogP) is 2.69. The summed E-state index contributed by atoms with van der Waals surface area (Å²) in [5, 5.41) is 12.8. The fourth-order valence-corrected chi connectivity index (χ4v) is 4.34. The van der Waals surface area contributed by atoms with E-state index in [9.17, 15) is 13.7 Å². The molecule has 9 heteroatoms. The second-order valence-corrected chi connectivity index (χ2v) is 8.48. The molecule has 2 aromatic rings. The molecule has 0 radical (unpaired) electrons. The SMILES string of the molecule is Cc1cc(OCc2nc(C#N)c(N[C@H]3CCS(=O)(=O)C3)o2)ccc1Cl. The molecule has 0 amide bonds. The molecule has 0 bridgehead atoms. The largest absolute Gasteiger partial charge is 0.484 e. The first kappa shape index (κ1) is 17.6. The van der Waals surface area contributed by atoms with E-state index in [1.165, 1.54) is 0 Å². The minimum Gasteiger partial charge on any atom is -0.484 e. The van der Waals surface area contributed by atoms with Crippen molar-refractivity contribution in [1.82, 2.24) is 4.98 Å². The second kappa shape index (κ2) is 6.94. The van der Waals surface area contributed by atoms with Crippen LogP contribution in [-0.2, 0) is 16.4 Å². The zero-order chi connectivity index (χ0) is 18.0. The molecule has 0 aliphatic carbocycles. The van der Waals surface area contributed by atoms with Gasteiger partial charge in [0.25, 0.3) is 0 Å². The van der Waals surface area contributed by atoms with Gasteiger partial charge in [-0.3, -0.25) is 0 Å². The minimum atomic E-state index is -3.03. The average Bonchev–Trinajstić information content (AvgIpc) is 3.11. The standard InChI is InChI=1S/C16H16ClN3O4S/c1-10-6-12(2-3-13(10)17)23-8-15-20-14(7-18)16(24-15)19-11-4-5-25(21,22)9-11/h2-3,6,11,19H,4-5,8-9H2,1H3/t11-/m0/s1. The van der Waals surface area contributed by atoms with Gasteiger partial charge in [0, 0.05) is 11.1 Å². The van der Waals surface area contributed by atoms with Gasteiger partial charge < -0.3 is 14.5 Å². The van der Waals surface area contributed by atoms with Crippen LogP contribution in [0.15, 0.2) is 22.6 Å². The topological polar surface area (TPSA) is 105 Å². The number of nitrogens with zero attached hydrogens (tertiary/aromatic N) is 2. The van der Waals surface area contributed by atoms with Crippen molar-refractivity contribution in [2.75, 3.05) is 16.8 Å². The summed E-state index contributed by atoms with van der Waals surface area (Å²) < 4.78 is 34.2. The van der Waals surface area contributed by atoms with Crippen molar-refractivity contribution in [2.24, 2.45) is 0 Å². The highest BCUT2D eigenvalue weighted by Gasteiger charge is 2.29. The van der Waals surface area contributed by atoms with Gasteiger partial charge >= 0.3 is 0 Å². The van der Waals surface area contributed by atoms with Crippen LogP contribution in [0.1, 0.15) is 23.6 Å². The van der Waals surface area contributed by atoms with E-state index < -0.39 is 9.84 Å². The van der Waals surface area contributed by atoms with E-state index in [-0.39, 0.29) is 41.6 Å². The van der Waals surface area contributed by atoms with Crippen molar-refractivity contribution in [3.05, 3.63) is 40.4 Å². The maximum atomic E-state index is 11.5. The number of anilines is 1. The lowest BCUT2D eigenvalue weighted by atomic mass is 10.2. The van der Waals surface area contributed by atoms with E-state index in [0.717, 1.165) is 5.56 Å². The van der Waals surface area contributed by atoms with Gasteiger partial charge in [0.05, 0.1) is 11.5 Å². The summed E-state index contributed by atoms with van der Waals surface area (Å²) in [6, 6.07) is 6.91. The van der Waals surface area contributed by atoms with Crippen LogP contribution >= 0.6 is 11.6 Å². The lowest BCUT2D eigenvalue weighted by Crippen LogP contribution is -2.20. The van der Waals surface area contributed by atoms with Crippen molar-refractivity contribution in [1.29, 1.82) is 5.26 Å². The number of ether oxygens (including phenoxy) is 1. The second-order valence-electron chi connectivity index (χ2n) is 5.84. The number of hydrogen-bond acceptors (Lipinski definition) is 7. The Balaban J connectivity index is 1.68. The third-order valence-electron chi connectivity index (χ3n) is 3.84. The molecule has 1 aromatic carbocycles. The zero-order valence-corrected chi connectivity index (χ0v) is 15.0. The number of rotatable bonds is 5. The molecule has 3 rings (SSSR count). The molecule has 0 unspecified atom stereocenters. The molecule has 132 valence electrons. The van der Waals surface area contributed by atoms with E-state index in [0.29, 0.717) is 17.2 Å². The molecule has 0 spiro atoms. The number of halogens is 1. The highest BCUT2D eigenvalue weighted by atomic mass is 35.5. The van der Waals surface area contributed by atoms with E-state index in [4.69, 9.17) is 20.8 Å². The average molecular weight is 382 g/mol. The first-order valence-electron chi connectivity index (χ1n) is 7.62. The molecular formula is C16H16ClN3O4S. The van der Waals surface area contributed by atoms with Crippen molar-refractivity contribution >= 4 is 27.3 Å². The van der Waals surface area contributed by atoms with Crippen molar-refractivity contribution < 1.29 is 17.6 Å². The Morgan fingerprint density at radius 1 is 1.52 bits per heavy atom. The van der Waals surface area contributed by atoms with Gasteiger partial charge in [0.15, 0.2) is 16.4 Å². The Bertz CT molecular complexity index is 933. The molecule has 7 nitrogen and oxygen atoms in total. The number of benzene rings is 1. The van der Waals surface area contributed by atoms with Gasteiger partial charge in [-0.05, 0) is 37.1 Å². The summed E-state index contributed by atoms with van der Waals surface area (Å²) >= 11 is 5.97. The van der Waals surface area contributed by atoms with Crippen molar-refractivity contribution in [3.63, 3.8) is 0 Å². The van der Waals surface area contributed by atoms with Crippen LogP contribution < -0.4 is 10.1 Å². The Labute approximate surface area is 150 Å². The van der Waals surface area contributed by atoms with Gasteiger partial charge in [-0.2, -0.15) is 10.2 Å². The van der Waals surface area contributed by atoms with Crippen LogP contribution in [0.2, 0.25) is 5.02 Å². The zero-order valence-electron chi connectivity index (χ0n) is 13.5. The van der Waals surface area contributed by atoms with Crippen LogP contribution in [0.5, 0.6) is 5.75 Å². The molecule has 1 atom stereocenters. The fraction of sp³-hybridized carbons (Fsp3) is 0.375. The number of nitrogens with one attached hydrogen (secondary N) is 1. The Morgan fingerprint density at radius 3 is 2.96 bits per heavy atom. The summed E-state index contributed by atoms with van der Waals surface area (Å²) in [6.07, 6.45) is 0.476. The quantitative estimate of drug-likeness (QED) is 0.848. The summed E-state index contributed by atoms with van der Waals surface area (Å²) in [6.45, 7) is 1.91. The summed E-state index contributed by atoms with van der Waals surface area (Å²) in [5.41, 5.74) is 0.962. The first-order valence-corrected chi connectivity index (χ1v) is 9.82. The number of hydrogen-bond donors (Lipinski definition) is 1. The predicted molar refractivity (Wildman–Crippen MR) is 92.4 cm³/mol. The van der Waals surface area contributed by atoms with Gasteiger partial charge in [0.1, 0.15) is 11.8 Å². The van der Waals surface area contributed by atoms with Gasteiger partial charge in [-0.25, -0.2) is 8.42 Å². The molecule has 1 aliphatic heterocycles. The molecule has 25 heavy (non-hydrogen) atoms. The number of oxazole rings is 1. The van der Waals surface area contributed by atoms with Crippen LogP contribution in [0.3, 0.4) is 0 Å². The van der Waals surface area contributed by atoms with Crippen LogP contribution in [0.25, 0.3) is 0 Å². The van der Waals surface area contributed by atoms with Gasteiger partial charge in [-0.15, -0.1) is 0 Å². The molecule has 0 saturated carbocycles. The van der Waals surface area contributed by atoms with E-state index >= 15 is 0 Å². The Morgan fingerprint density at radius 2 is 2.32 bits per heavy atom. The smallest absolute Gasteiger partial charge is 0.236 e. The summed E-state index contributed by atoms with van der Waals surface area (Å²) in [7, 11) is -3.03. The number of sulfone groups is 1. The molecule has 2 heterocycles. The molecule has 1 fully saturated rings. The van der Waals surface area contributed by atoms with Crippen LogP contribution in [0.4, 0.5) is 5.88 Å². The van der Waals surface area contributed by atoms with Crippen LogP contribution in [0, 0.1) is 18.3 Å². The number of aryl methyl sites for hydroxylation is 1. The number of nitriles is 1. The minimum absolute atomic E-state index is 0.0223. The lowest BCUT2D eigenvalue weighted by Gasteiger charge is -2.08. The van der Waals surface area contributed by atoms with E-state index in [1.807, 2.05) is 13.0 Å². The maximum Gasteiger partial charge on any atom is 0.236 e. The molecule has 1 saturated heterocycles. The lowest BCUT2D eigenvalue weighted by molar-refractivity contribution is 0.264. The Kier molecular flexibility index (Phi) is 4.88. The molecule has 1 aromatic heterocycles. The normalized spacial score (nSPS) is 18.7. The van der Waals surface area contributed by atoms with E-state index in [1.54, 1.807) is 18.2 Å². The highest BCUT2D eigenvalue weighted by molar-refractivity contribution is 7.91. The molecule has 1 aliphatic rings. The third-order valence-corrected chi connectivity index (χ3v) is 6.03. The van der Waals surface area contributed by atoms with E-state index in [2.05, 4.69) is 10.3 Å². The first-order chi connectivity index (χ1) is 11.9. The third kappa shape index (κ3) is 4.24. The summed E-state index contributed by atoms with van der Waals surface area (Å²) in [4.78, 5) is 4.07. The fourth-order valence-electron chi connectivity index (χ4n) is 2.55. The van der Waals surface area contributed by atoms with Gasteiger partial charge in [0.2, 0.25) is 17.5 Å². The van der Waals surface area contributed by atoms with Gasteiger partial charge in [-0.1, -0.05) is 11.6 Å². The van der Waals surface area contributed by atoms with Crippen molar-refractivity contribution in [2.45, 2.75) is 26.0 Å². The highest BCUT2D eigenvalue weighted by Crippen LogP contribution is 2.24. The molecule has 1 N–H and O–H groups in total. The maximum absolute atomic E-state index is 11.5.